The quantitative estimate of drug-likeness (QED) is 0.272. The van der Waals surface area contributed by atoms with Crippen LogP contribution in [-0.2, 0) is 5.60 Å². The first kappa shape index (κ1) is 39.4. The Morgan fingerprint density at radius 3 is 2.33 bits per heavy atom. The molecule has 0 bridgehead atoms. The van der Waals surface area contributed by atoms with Gasteiger partial charge in [0.05, 0.1) is 29.7 Å². The zero-order valence-corrected chi connectivity index (χ0v) is 26.8. The second kappa shape index (κ2) is 20.3. The van der Waals surface area contributed by atoms with Crippen LogP contribution < -0.4 is 5.32 Å². The van der Waals surface area contributed by atoms with E-state index in [9.17, 15) is 18.7 Å². The molecule has 0 aliphatic heterocycles. The van der Waals surface area contributed by atoms with Crippen molar-refractivity contribution < 1.29 is 23.8 Å². The summed E-state index contributed by atoms with van der Waals surface area (Å²) in [5.41, 5.74) is 2.46. The Kier molecular flexibility index (Phi) is 18.6. The van der Waals surface area contributed by atoms with Gasteiger partial charge >= 0.3 is 6.09 Å². The molecule has 7 nitrogen and oxygen atoms in total. The first-order valence-corrected chi connectivity index (χ1v) is 14.8. The van der Waals surface area contributed by atoms with E-state index in [1.54, 1.807) is 13.8 Å². The molecule has 43 heavy (non-hydrogen) atoms. The van der Waals surface area contributed by atoms with Gasteiger partial charge in [-0.15, -0.1) is 6.58 Å². The van der Waals surface area contributed by atoms with E-state index in [4.69, 9.17) is 10.4 Å². The molecule has 1 aliphatic rings. The number of rotatable bonds is 7. The van der Waals surface area contributed by atoms with Gasteiger partial charge in [0.2, 0.25) is 0 Å². The number of allylic oxidation sites excluding steroid dienone is 3. The number of hydrogen-bond donors (Lipinski definition) is 3. The molecule has 2 unspecified atom stereocenters. The van der Waals surface area contributed by atoms with Gasteiger partial charge in [-0.05, 0) is 89.5 Å². The second-order valence-corrected chi connectivity index (χ2v) is 11.0. The second-order valence-electron chi connectivity index (χ2n) is 11.0. The van der Waals surface area contributed by atoms with Crippen molar-refractivity contribution in [1.29, 1.82) is 5.26 Å². The van der Waals surface area contributed by atoms with Crippen molar-refractivity contribution in [3.63, 3.8) is 0 Å². The molecular weight excluding hydrogens is 550 g/mol. The van der Waals surface area contributed by atoms with Crippen molar-refractivity contribution in [1.82, 2.24) is 9.97 Å². The summed E-state index contributed by atoms with van der Waals surface area (Å²) in [6.07, 6.45) is 12.5. The first-order chi connectivity index (χ1) is 20.1. The smallest absolute Gasteiger partial charge is 0.410 e. The largest absolute Gasteiger partial charge is 0.465 e. The number of nitriles is 1. The van der Waals surface area contributed by atoms with E-state index in [1.807, 2.05) is 57.3 Å². The molecule has 1 heterocycles. The molecule has 0 radical (unpaired) electrons. The van der Waals surface area contributed by atoms with Gasteiger partial charge in [0, 0.05) is 12.3 Å². The number of benzene rings is 1. The van der Waals surface area contributed by atoms with Crippen LogP contribution in [0.15, 0.2) is 55.4 Å². The predicted octanol–water partition coefficient (Wildman–Crippen LogP) is 9.36. The van der Waals surface area contributed by atoms with Gasteiger partial charge < -0.3 is 10.2 Å². The standard InChI is InChI=1S/C12H20F2.C9H9N.C8H11N3O3.C5H10/c1-3-5-6-11-9-10(4-2)7-8-12(11,13)14;1-7-3-4-9(6-10)5-8(7)2;1-8(2,14)5-3-10-6(4-9-5)11-7(12)13;1-3-5-4-2/h4,10-11H,2-3,5-9H2,1H3;3-5H,1-2H3;3-4,14H,1-2H3,(H,10,11)(H,12,13);3,5H,4H2,1-2H3/b;;;5-3-. The van der Waals surface area contributed by atoms with Crippen LogP contribution in [0.3, 0.4) is 0 Å². The monoisotopic (exact) mass is 600 g/mol. The van der Waals surface area contributed by atoms with E-state index in [0.717, 1.165) is 24.8 Å². The molecule has 1 fully saturated rings. The molecule has 0 saturated heterocycles. The van der Waals surface area contributed by atoms with Gasteiger partial charge in [-0.1, -0.05) is 51.0 Å². The van der Waals surface area contributed by atoms with Crippen molar-refractivity contribution in [2.24, 2.45) is 11.8 Å². The van der Waals surface area contributed by atoms with Crippen LogP contribution in [0.4, 0.5) is 19.4 Å². The minimum Gasteiger partial charge on any atom is -0.465 e. The number of alkyl halides is 2. The Morgan fingerprint density at radius 1 is 1.23 bits per heavy atom. The number of carboxylic acid groups (broad SMARTS) is 1. The number of hydrogen-bond acceptors (Lipinski definition) is 5. The average molecular weight is 601 g/mol. The lowest BCUT2D eigenvalue weighted by molar-refractivity contribution is -0.0963. The molecule has 1 aromatic carbocycles. The summed E-state index contributed by atoms with van der Waals surface area (Å²) in [5.74, 6) is -2.38. The zero-order valence-electron chi connectivity index (χ0n) is 26.8. The molecule has 1 amide bonds. The van der Waals surface area contributed by atoms with E-state index in [-0.39, 0.29) is 12.2 Å². The zero-order chi connectivity index (χ0) is 33.1. The van der Waals surface area contributed by atoms with E-state index in [1.165, 1.54) is 23.5 Å². The highest BCUT2D eigenvalue weighted by atomic mass is 19.3. The van der Waals surface area contributed by atoms with Gasteiger partial charge in [0.25, 0.3) is 5.92 Å². The highest BCUT2D eigenvalue weighted by molar-refractivity contribution is 5.81. The average Bonchev–Trinajstić information content (AvgIpc) is 2.95. The number of aliphatic hydroxyl groups is 1. The Labute approximate surface area is 256 Å². The van der Waals surface area contributed by atoms with Gasteiger partial charge in [0.15, 0.2) is 5.82 Å². The number of halogens is 2. The molecule has 1 aromatic heterocycles. The maximum atomic E-state index is 13.5. The van der Waals surface area contributed by atoms with Crippen LogP contribution in [0.2, 0.25) is 0 Å². The fraction of sp³-hybridized carbons (Fsp3) is 0.529. The Balaban J connectivity index is 0.000000577. The minimum atomic E-state index is -2.42. The molecule has 0 spiro atoms. The van der Waals surface area contributed by atoms with Crippen molar-refractivity contribution >= 4 is 11.9 Å². The molecule has 1 saturated carbocycles. The molecule has 3 N–H and O–H groups in total. The SMILES string of the molecule is C/C=C\CC.C=CC1CCC(F)(F)C(CCCC)C1.CC(C)(O)c1cnc(NC(=O)O)cn1.Cc1ccc(C#N)cc1C. The van der Waals surface area contributed by atoms with Gasteiger partial charge in [0.1, 0.15) is 5.60 Å². The van der Waals surface area contributed by atoms with Gasteiger partial charge in [-0.2, -0.15) is 5.26 Å². The van der Waals surface area contributed by atoms with Crippen LogP contribution in [0.1, 0.15) is 102 Å². The number of nitrogens with one attached hydrogen (secondary N) is 1. The molecule has 238 valence electrons. The number of unbranched alkanes of at least 4 members (excludes halogenated alkanes) is 1. The van der Waals surface area contributed by atoms with Crippen molar-refractivity contribution in [3.8, 4) is 6.07 Å². The highest BCUT2D eigenvalue weighted by Gasteiger charge is 2.43. The van der Waals surface area contributed by atoms with E-state index < -0.39 is 23.5 Å². The third-order valence-electron chi connectivity index (χ3n) is 6.89. The maximum absolute atomic E-state index is 13.5. The lowest BCUT2D eigenvalue weighted by Crippen LogP contribution is -2.34. The Morgan fingerprint density at radius 2 is 1.91 bits per heavy atom. The molecule has 9 heteroatoms. The normalized spacial score (nSPS) is 17.0. The number of amides is 1. The van der Waals surface area contributed by atoms with Gasteiger partial charge in [-0.25, -0.2) is 18.6 Å². The van der Waals surface area contributed by atoms with Crippen LogP contribution >= 0.6 is 0 Å². The molecular formula is C34H50F2N4O3. The van der Waals surface area contributed by atoms with E-state index in [2.05, 4.69) is 41.7 Å². The summed E-state index contributed by atoms with van der Waals surface area (Å²) in [5, 5.41) is 28.4. The third-order valence-corrected chi connectivity index (χ3v) is 6.89. The number of nitrogens with zero attached hydrogens (tertiary/aromatic N) is 3. The van der Waals surface area contributed by atoms with E-state index in [0.29, 0.717) is 30.9 Å². The number of aryl methyl sites for hydroxylation is 2. The van der Waals surface area contributed by atoms with Crippen LogP contribution in [-0.4, -0.2) is 32.2 Å². The number of aromatic nitrogens is 2. The minimum absolute atomic E-state index is 0.0536. The summed E-state index contributed by atoms with van der Waals surface area (Å²) < 4.78 is 26.9. The number of anilines is 1. The lowest BCUT2D eigenvalue weighted by Gasteiger charge is -2.34. The Hall–Kier alpha value is -3.64. The topological polar surface area (TPSA) is 119 Å². The molecule has 3 rings (SSSR count). The van der Waals surface area contributed by atoms with Gasteiger partial charge in [-0.3, -0.25) is 10.3 Å². The fourth-order valence-corrected chi connectivity index (χ4v) is 4.10. The summed E-state index contributed by atoms with van der Waals surface area (Å²) in [7, 11) is 0. The Bertz CT molecular complexity index is 1170. The van der Waals surface area contributed by atoms with Crippen molar-refractivity contribution in [2.45, 2.75) is 105 Å². The lowest BCUT2D eigenvalue weighted by atomic mass is 9.76. The third kappa shape index (κ3) is 16.5. The molecule has 2 atom stereocenters. The van der Waals surface area contributed by atoms with Crippen LogP contribution in [0.5, 0.6) is 0 Å². The fourth-order valence-electron chi connectivity index (χ4n) is 4.10. The van der Waals surface area contributed by atoms with Crippen molar-refractivity contribution in [3.05, 3.63) is 77.8 Å². The predicted molar refractivity (Wildman–Crippen MR) is 170 cm³/mol. The molecule has 2 aromatic rings. The molecule has 1 aliphatic carbocycles. The summed E-state index contributed by atoms with van der Waals surface area (Å²) in [6.45, 7) is 17.1. The van der Waals surface area contributed by atoms with Crippen molar-refractivity contribution in [2.75, 3.05) is 5.32 Å². The summed E-state index contributed by atoms with van der Waals surface area (Å²) in [6, 6.07) is 7.79. The summed E-state index contributed by atoms with van der Waals surface area (Å²) in [4.78, 5) is 17.9. The highest BCUT2D eigenvalue weighted by Crippen LogP contribution is 2.43. The number of carbonyl (C=O) groups is 1. The first-order valence-electron chi connectivity index (χ1n) is 14.8. The maximum Gasteiger partial charge on any atom is 0.410 e. The van der Waals surface area contributed by atoms with E-state index >= 15 is 0 Å². The van der Waals surface area contributed by atoms with Crippen LogP contribution in [0.25, 0.3) is 0 Å². The van der Waals surface area contributed by atoms with Crippen LogP contribution in [0, 0.1) is 37.0 Å². The summed E-state index contributed by atoms with van der Waals surface area (Å²) >= 11 is 0.